The zero-order valence-corrected chi connectivity index (χ0v) is 14.0. The topological polar surface area (TPSA) is 38.3 Å². The summed E-state index contributed by atoms with van der Waals surface area (Å²) in [6.07, 6.45) is 2.38. The fourth-order valence-electron chi connectivity index (χ4n) is 2.28. The van der Waals surface area contributed by atoms with Gasteiger partial charge in [0.05, 0.1) is 11.9 Å². The second-order valence-electron chi connectivity index (χ2n) is 6.50. The molecule has 1 heterocycles. The van der Waals surface area contributed by atoms with Crippen molar-refractivity contribution in [2.75, 3.05) is 18.9 Å². The summed E-state index contributed by atoms with van der Waals surface area (Å²) in [6.45, 7) is 8.08. The first-order valence-electron chi connectivity index (χ1n) is 7.57. The van der Waals surface area contributed by atoms with Crippen LogP contribution in [-0.2, 0) is 14.9 Å². The predicted molar refractivity (Wildman–Crippen MR) is 87.8 cm³/mol. The predicted octanol–water partition coefficient (Wildman–Crippen LogP) is 3.37. The van der Waals surface area contributed by atoms with Crippen LogP contribution in [-0.4, -0.2) is 30.9 Å². The molecule has 1 atom stereocenters. The van der Waals surface area contributed by atoms with Gasteiger partial charge in [-0.3, -0.25) is 4.79 Å². The van der Waals surface area contributed by atoms with E-state index in [1.165, 1.54) is 5.56 Å². The molecular formula is C17H25NO2S. The van der Waals surface area contributed by atoms with Crippen LogP contribution in [0.2, 0.25) is 0 Å². The van der Waals surface area contributed by atoms with Crippen molar-refractivity contribution in [2.24, 2.45) is 0 Å². The van der Waals surface area contributed by atoms with Crippen molar-refractivity contribution in [2.45, 2.75) is 50.0 Å². The van der Waals surface area contributed by atoms with Gasteiger partial charge in [-0.2, -0.15) is 0 Å². The molecule has 1 fully saturated rings. The van der Waals surface area contributed by atoms with E-state index in [4.69, 9.17) is 4.74 Å². The highest BCUT2D eigenvalue weighted by Gasteiger charge is 2.16. The number of carbonyl (C=O) groups excluding carboxylic acids is 1. The summed E-state index contributed by atoms with van der Waals surface area (Å²) >= 11 is 1.58. The summed E-state index contributed by atoms with van der Waals surface area (Å²) in [6, 6.07) is 8.48. The van der Waals surface area contributed by atoms with Gasteiger partial charge in [-0.05, 0) is 36.0 Å². The molecule has 1 N–H and O–H groups in total. The monoisotopic (exact) mass is 307 g/mol. The van der Waals surface area contributed by atoms with Gasteiger partial charge >= 0.3 is 0 Å². The number of amides is 1. The van der Waals surface area contributed by atoms with Gasteiger partial charge in [0.25, 0.3) is 0 Å². The summed E-state index contributed by atoms with van der Waals surface area (Å²) in [7, 11) is 0. The van der Waals surface area contributed by atoms with Crippen molar-refractivity contribution in [3.63, 3.8) is 0 Å². The third-order valence-corrected chi connectivity index (χ3v) is 4.65. The molecule has 1 aliphatic heterocycles. The molecule has 1 aliphatic rings. The summed E-state index contributed by atoms with van der Waals surface area (Å²) in [4.78, 5) is 12.9. The van der Waals surface area contributed by atoms with Crippen molar-refractivity contribution < 1.29 is 9.53 Å². The first kappa shape index (κ1) is 16.4. The third kappa shape index (κ3) is 5.36. The number of benzene rings is 1. The van der Waals surface area contributed by atoms with Crippen LogP contribution >= 0.6 is 11.8 Å². The normalized spacial score (nSPS) is 18.7. The van der Waals surface area contributed by atoms with Gasteiger partial charge in [-0.15, -0.1) is 11.8 Å². The molecular weight excluding hydrogens is 282 g/mol. The average molecular weight is 307 g/mol. The van der Waals surface area contributed by atoms with Gasteiger partial charge in [-0.1, -0.05) is 32.9 Å². The lowest BCUT2D eigenvalue weighted by atomic mass is 9.87. The maximum Gasteiger partial charge on any atom is 0.230 e. The van der Waals surface area contributed by atoms with Crippen molar-refractivity contribution in [3.8, 4) is 0 Å². The van der Waals surface area contributed by atoms with E-state index < -0.39 is 0 Å². The highest BCUT2D eigenvalue weighted by molar-refractivity contribution is 8.00. The minimum absolute atomic E-state index is 0.0791. The van der Waals surface area contributed by atoms with Crippen LogP contribution in [0.3, 0.4) is 0 Å². The van der Waals surface area contributed by atoms with E-state index in [1.807, 2.05) is 0 Å². The third-order valence-electron chi connectivity index (χ3n) is 3.64. The molecule has 3 nitrogen and oxygen atoms in total. The Balaban J connectivity index is 1.73. The first-order chi connectivity index (χ1) is 9.95. The van der Waals surface area contributed by atoms with E-state index in [9.17, 15) is 4.79 Å². The molecule has 1 aromatic carbocycles. The molecule has 2 rings (SSSR count). The molecule has 1 amide bonds. The summed E-state index contributed by atoms with van der Waals surface area (Å²) < 4.78 is 5.49. The van der Waals surface area contributed by atoms with Gasteiger partial charge < -0.3 is 10.1 Å². The fourth-order valence-corrected chi connectivity index (χ4v) is 3.01. The summed E-state index contributed by atoms with van der Waals surface area (Å²) in [5.74, 6) is 0.539. The zero-order chi connectivity index (χ0) is 15.3. The molecule has 0 aliphatic carbocycles. The summed E-state index contributed by atoms with van der Waals surface area (Å²) in [5.41, 5.74) is 1.48. The van der Waals surface area contributed by atoms with Crippen LogP contribution in [0, 0.1) is 0 Å². The Bertz CT molecular complexity index is 459. The Kier molecular flexibility index (Phi) is 5.71. The lowest BCUT2D eigenvalue weighted by Gasteiger charge is -2.19. The van der Waals surface area contributed by atoms with Crippen LogP contribution in [0.25, 0.3) is 0 Å². The van der Waals surface area contributed by atoms with E-state index in [0.29, 0.717) is 12.3 Å². The minimum atomic E-state index is 0.0791. The van der Waals surface area contributed by atoms with E-state index in [0.717, 1.165) is 24.3 Å². The van der Waals surface area contributed by atoms with Crippen molar-refractivity contribution in [1.82, 2.24) is 5.32 Å². The van der Waals surface area contributed by atoms with Crippen LogP contribution in [0.5, 0.6) is 0 Å². The highest BCUT2D eigenvalue weighted by atomic mass is 32.2. The number of ether oxygens (including phenoxy) is 1. The van der Waals surface area contributed by atoms with E-state index in [1.54, 1.807) is 11.8 Å². The molecule has 0 spiro atoms. The first-order valence-corrected chi connectivity index (χ1v) is 8.55. The quantitative estimate of drug-likeness (QED) is 0.848. The summed E-state index contributed by atoms with van der Waals surface area (Å²) in [5, 5.41) is 2.95. The van der Waals surface area contributed by atoms with Crippen molar-refractivity contribution in [3.05, 3.63) is 29.8 Å². The molecule has 1 saturated heterocycles. The molecule has 4 heteroatoms. The van der Waals surface area contributed by atoms with E-state index >= 15 is 0 Å². The molecule has 0 unspecified atom stereocenters. The fraction of sp³-hybridized carbons (Fsp3) is 0.588. The maximum absolute atomic E-state index is 11.8. The molecule has 21 heavy (non-hydrogen) atoms. The number of nitrogens with one attached hydrogen (secondary N) is 1. The molecule has 0 aromatic heterocycles. The number of hydrogen-bond acceptors (Lipinski definition) is 3. The second kappa shape index (κ2) is 7.32. The number of hydrogen-bond donors (Lipinski definition) is 1. The Labute approximate surface area is 131 Å². The molecule has 1 aromatic rings. The van der Waals surface area contributed by atoms with Gasteiger partial charge in [-0.25, -0.2) is 0 Å². The Hall–Kier alpha value is -1.00. The molecule has 116 valence electrons. The standard InChI is InChI=1S/C17H25NO2S/c1-17(2,3)13-6-8-15(9-7-13)21-12-16(19)18-11-14-5-4-10-20-14/h6-9,14H,4-5,10-12H2,1-3H3,(H,18,19)/t14-/m1/s1. The van der Waals surface area contributed by atoms with Crippen molar-refractivity contribution >= 4 is 17.7 Å². The average Bonchev–Trinajstić information content (AvgIpc) is 2.95. The highest BCUT2D eigenvalue weighted by Crippen LogP contribution is 2.25. The Morgan fingerprint density at radius 3 is 2.62 bits per heavy atom. The van der Waals surface area contributed by atoms with E-state index in [-0.39, 0.29) is 17.4 Å². The molecule has 0 saturated carbocycles. The minimum Gasteiger partial charge on any atom is -0.376 e. The van der Waals surface area contributed by atoms with Crippen LogP contribution in [0.1, 0.15) is 39.2 Å². The van der Waals surface area contributed by atoms with Gasteiger partial charge in [0.2, 0.25) is 5.91 Å². The number of rotatable bonds is 5. The SMILES string of the molecule is CC(C)(C)c1ccc(SCC(=O)NC[C@H]2CCCO2)cc1. The Morgan fingerprint density at radius 2 is 2.05 bits per heavy atom. The van der Waals surface area contributed by atoms with Crippen LogP contribution in [0.15, 0.2) is 29.2 Å². The largest absolute Gasteiger partial charge is 0.376 e. The lowest BCUT2D eigenvalue weighted by Crippen LogP contribution is -2.32. The molecule has 0 bridgehead atoms. The van der Waals surface area contributed by atoms with Crippen LogP contribution in [0.4, 0.5) is 0 Å². The maximum atomic E-state index is 11.8. The smallest absolute Gasteiger partial charge is 0.230 e. The number of thioether (sulfide) groups is 1. The van der Waals surface area contributed by atoms with Gasteiger partial charge in [0, 0.05) is 18.0 Å². The lowest BCUT2D eigenvalue weighted by molar-refractivity contribution is -0.119. The molecule has 0 radical (unpaired) electrons. The van der Waals surface area contributed by atoms with Gasteiger partial charge in [0.1, 0.15) is 0 Å². The van der Waals surface area contributed by atoms with Crippen LogP contribution < -0.4 is 5.32 Å². The van der Waals surface area contributed by atoms with E-state index in [2.05, 4.69) is 50.4 Å². The second-order valence-corrected chi connectivity index (χ2v) is 7.55. The zero-order valence-electron chi connectivity index (χ0n) is 13.1. The number of carbonyl (C=O) groups is 1. The van der Waals surface area contributed by atoms with Gasteiger partial charge in [0.15, 0.2) is 0 Å². The Morgan fingerprint density at radius 1 is 1.33 bits per heavy atom. The van der Waals surface area contributed by atoms with Crippen molar-refractivity contribution in [1.29, 1.82) is 0 Å².